The first-order valence-corrected chi connectivity index (χ1v) is 6.16. The van der Waals surface area contributed by atoms with Crippen LogP contribution in [0.3, 0.4) is 0 Å². The summed E-state index contributed by atoms with van der Waals surface area (Å²) in [5, 5.41) is 15.9. The van der Waals surface area contributed by atoms with E-state index in [0.717, 1.165) is 29.3 Å². The van der Waals surface area contributed by atoms with Crippen molar-refractivity contribution >= 4 is 17.5 Å². The van der Waals surface area contributed by atoms with Crippen molar-refractivity contribution in [1.29, 1.82) is 0 Å². The monoisotopic (exact) mass is 222 g/mol. The topological polar surface area (TPSA) is 44.6 Å². The average molecular weight is 222 g/mol. The Hall–Kier alpha value is -1.00. The number of thioether (sulfide) groups is 1. The van der Waals surface area contributed by atoms with Gasteiger partial charge >= 0.3 is 0 Å². The zero-order chi connectivity index (χ0) is 10.5. The lowest BCUT2D eigenvalue weighted by molar-refractivity contribution is 0.316. The summed E-state index contributed by atoms with van der Waals surface area (Å²) in [5.74, 6) is 2.10. The third-order valence-electron chi connectivity index (χ3n) is 2.43. The highest BCUT2D eigenvalue weighted by atomic mass is 32.2. The SMILES string of the molecule is O/N=C(/c1ccccc1)C1CSCCN1. The predicted molar refractivity (Wildman–Crippen MR) is 63.9 cm³/mol. The zero-order valence-corrected chi connectivity index (χ0v) is 9.20. The fourth-order valence-corrected chi connectivity index (χ4v) is 2.62. The highest BCUT2D eigenvalue weighted by Crippen LogP contribution is 2.13. The van der Waals surface area contributed by atoms with E-state index in [4.69, 9.17) is 5.21 Å². The summed E-state index contributed by atoms with van der Waals surface area (Å²) < 4.78 is 0. The molecular formula is C11H14N2OS. The van der Waals surface area contributed by atoms with Crippen molar-refractivity contribution in [3.05, 3.63) is 35.9 Å². The Morgan fingerprint density at radius 3 is 2.80 bits per heavy atom. The minimum atomic E-state index is 0.163. The standard InChI is InChI=1S/C11H14N2OS/c14-13-11(9-4-2-1-3-5-9)10-8-15-7-6-12-10/h1-5,10,12,14H,6-8H2/b13-11-. The zero-order valence-electron chi connectivity index (χ0n) is 8.39. The smallest absolute Gasteiger partial charge is 0.104 e. The van der Waals surface area contributed by atoms with Gasteiger partial charge in [0.2, 0.25) is 0 Å². The first-order chi connectivity index (χ1) is 7.42. The van der Waals surface area contributed by atoms with E-state index in [2.05, 4.69) is 10.5 Å². The Kier molecular flexibility index (Phi) is 3.64. The van der Waals surface area contributed by atoms with Crippen LogP contribution in [0.4, 0.5) is 0 Å². The van der Waals surface area contributed by atoms with Gasteiger partial charge in [0.25, 0.3) is 0 Å². The van der Waals surface area contributed by atoms with Crippen LogP contribution in [0.15, 0.2) is 35.5 Å². The number of nitrogens with one attached hydrogen (secondary N) is 1. The van der Waals surface area contributed by atoms with Crippen molar-refractivity contribution in [3.63, 3.8) is 0 Å². The molecule has 1 aromatic rings. The third-order valence-corrected chi connectivity index (χ3v) is 3.49. The summed E-state index contributed by atoms with van der Waals surface area (Å²) in [6, 6.07) is 9.97. The maximum atomic E-state index is 9.07. The summed E-state index contributed by atoms with van der Waals surface area (Å²) in [4.78, 5) is 0. The Bertz CT molecular complexity index is 334. The fraction of sp³-hybridized carbons (Fsp3) is 0.364. The third kappa shape index (κ3) is 2.52. The van der Waals surface area contributed by atoms with Crippen LogP contribution in [0.1, 0.15) is 5.56 Å². The number of nitrogens with zero attached hydrogens (tertiary/aromatic N) is 1. The van der Waals surface area contributed by atoms with Gasteiger partial charge in [0.1, 0.15) is 5.71 Å². The molecule has 1 aliphatic rings. The molecule has 1 aliphatic heterocycles. The van der Waals surface area contributed by atoms with Crippen LogP contribution < -0.4 is 5.32 Å². The molecule has 0 aromatic heterocycles. The van der Waals surface area contributed by atoms with Crippen LogP contribution >= 0.6 is 11.8 Å². The summed E-state index contributed by atoms with van der Waals surface area (Å²) in [5.41, 5.74) is 1.72. The van der Waals surface area contributed by atoms with E-state index >= 15 is 0 Å². The molecule has 1 heterocycles. The number of oxime groups is 1. The van der Waals surface area contributed by atoms with Crippen LogP contribution in [-0.2, 0) is 0 Å². The van der Waals surface area contributed by atoms with Gasteiger partial charge in [-0.05, 0) is 0 Å². The Morgan fingerprint density at radius 2 is 2.20 bits per heavy atom. The summed E-state index contributed by atoms with van der Waals surface area (Å²) in [6.45, 7) is 0.973. The van der Waals surface area contributed by atoms with E-state index in [1.807, 2.05) is 42.1 Å². The molecule has 0 radical (unpaired) electrons. The fourth-order valence-electron chi connectivity index (χ4n) is 1.68. The van der Waals surface area contributed by atoms with Crippen LogP contribution in [0.2, 0.25) is 0 Å². The van der Waals surface area contributed by atoms with Crippen LogP contribution in [0, 0.1) is 0 Å². The Labute approximate surface area is 93.6 Å². The number of rotatable bonds is 2. The van der Waals surface area contributed by atoms with E-state index < -0.39 is 0 Å². The van der Waals surface area contributed by atoms with Crippen LogP contribution in [0.25, 0.3) is 0 Å². The maximum absolute atomic E-state index is 9.07. The minimum absolute atomic E-state index is 0.163. The quantitative estimate of drug-likeness (QED) is 0.453. The van der Waals surface area contributed by atoms with Crippen molar-refractivity contribution in [2.45, 2.75) is 6.04 Å². The molecule has 1 fully saturated rings. The second kappa shape index (κ2) is 5.19. The lowest BCUT2D eigenvalue weighted by atomic mass is 10.0. The summed E-state index contributed by atoms with van der Waals surface area (Å²) in [7, 11) is 0. The molecule has 0 saturated carbocycles. The number of hydrogen-bond acceptors (Lipinski definition) is 4. The molecule has 1 saturated heterocycles. The van der Waals surface area contributed by atoms with E-state index in [9.17, 15) is 0 Å². The molecule has 80 valence electrons. The van der Waals surface area contributed by atoms with E-state index in [0.29, 0.717) is 0 Å². The van der Waals surface area contributed by atoms with Gasteiger partial charge in [0.05, 0.1) is 6.04 Å². The lowest BCUT2D eigenvalue weighted by Gasteiger charge is -2.23. The van der Waals surface area contributed by atoms with Crippen molar-refractivity contribution in [2.24, 2.45) is 5.16 Å². The van der Waals surface area contributed by atoms with Gasteiger partial charge in [-0.1, -0.05) is 35.5 Å². The molecule has 0 aliphatic carbocycles. The van der Waals surface area contributed by atoms with E-state index in [1.54, 1.807) is 0 Å². The minimum Gasteiger partial charge on any atom is -0.411 e. The second-order valence-electron chi connectivity index (χ2n) is 3.43. The molecule has 0 spiro atoms. The average Bonchev–Trinajstić information content (AvgIpc) is 2.33. The van der Waals surface area contributed by atoms with Crippen molar-refractivity contribution in [3.8, 4) is 0 Å². The van der Waals surface area contributed by atoms with Crippen molar-refractivity contribution < 1.29 is 5.21 Å². The van der Waals surface area contributed by atoms with Gasteiger partial charge in [-0.15, -0.1) is 0 Å². The highest BCUT2D eigenvalue weighted by Gasteiger charge is 2.20. The second-order valence-corrected chi connectivity index (χ2v) is 4.58. The van der Waals surface area contributed by atoms with Crippen molar-refractivity contribution in [2.75, 3.05) is 18.1 Å². The first kappa shape index (κ1) is 10.5. The van der Waals surface area contributed by atoms with Crippen LogP contribution in [0.5, 0.6) is 0 Å². The van der Waals surface area contributed by atoms with Crippen molar-refractivity contribution in [1.82, 2.24) is 5.32 Å². The maximum Gasteiger partial charge on any atom is 0.104 e. The number of benzene rings is 1. The van der Waals surface area contributed by atoms with Gasteiger partial charge in [-0.3, -0.25) is 0 Å². The molecule has 3 nitrogen and oxygen atoms in total. The van der Waals surface area contributed by atoms with E-state index in [1.165, 1.54) is 0 Å². The molecule has 0 amide bonds. The largest absolute Gasteiger partial charge is 0.411 e. The molecule has 0 bridgehead atoms. The van der Waals surface area contributed by atoms with Gasteiger partial charge in [-0.25, -0.2) is 0 Å². The van der Waals surface area contributed by atoms with E-state index in [-0.39, 0.29) is 6.04 Å². The molecule has 15 heavy (non-hydrogen) atoms. The molecular weight excluding hydrogens is 208 g/mol. The summed E-state index contributed by atoms with van der Waals surface area (Å²) >= 11 is 1.89. The summed E-state index contributed by atoms with van der Waals surface area (Å²) in [6.07, 6.45) is 0. The van der Waals surface area contributed by atoms with Gasteiger partial charge in [0, 0.05) is 23.6 Å². The predicted octanol–water partition coefficient (Wildman–Crippen LogP) is 1.57. The highest BCUT2D eigenvalue weighted by molar-refractivity contribution is 7.99. The normalized spacial score (nSPS) is 22.7. The Balaban J connectivity index is 2.17. The molecule has 4 heteroatoms. The lowest BCUT2D eigenvalue weighted by Crippen LogP contribution is -2.43. The van der Waals surface area contributed by atoms with Gasteiger partial charge in [-0.2, -0.15) is 11.8 Å². The first-order valence-electron chi connectivity index (χ1n) is 5.00. The molecule has 2 rings (SSSR count). The molecule has 1 aromatic carbocycles. The number of hydrogen-bond donors (Lipinski definition) is 2. The van der Waals surface area contributed by atoms with Gasteiger partial charge in [0.15, 0.2) is 0 Å². The molecule has 1 atom stereocenters. The Morgan fingerprint density at radius 1 is 1.40 bits per heavy atom. The van der Waals surface area contributed by atoms with Crippen LogP contribution in [-0.4, -0.2) is 35.0 Å². The molecule has 2 N–H and O–H groups in total. The molecule has 1 unspecified atom stereocenters. The van der Waals surface area contributed by atoms with Gasteiger partial charge < -0.3 is 10.5 Å².